The molecule has 0 aliphatic rings. The molecule has 14 heteroatoms. The molecule has 3 amide bonds. The molecule has 0 spiro atoms. The van der Waals surface area contributed by atoms with E-state index in [2.05, 4.69) is 24.5 Å². The van der Waals surface area contributed by atoms with Crippen LogP contribution in [0.15, 0.2) is 0 Å². The Morgan fingerprint density at radius 1 is 0.523 bits per heavy atom. The van der Waals surface area contributed by atoms with E-state index in [1.54, 1.807) is 0 Å². The van der Waals surface area contributed by atoms with Crippen molar-refractivity contribution in [3.8, 4) is 0 Å². The summed E-state index contributed by atoms with van der Waals surface area (Å²) in [5.41, 5.74) is 5.44. The molecule has 0 aromatic heterocycles. The predicted octanol–water partition coefficient (Wildman–Crippen LogP) is 0.976. The fourth-order valence-electron chi connectivity index (χ4n) is 3.48. The maximum Gasteiger partial charge on any atom is 0.239 e. The topological polar surface area (TPSA) is 175 Å². The smallest absolute Gasteiger partial charge is 0.239 e. The molecule has 1 unspecified atom stereocenters. The molecule has 4 N–H and O–H groups in total. The van der Waals surface area contributed by atoms with Gasteiger partial charge in [-0.1, -0.05) is 13.8 Å². The van der Waals surface area contributed by atoms with Gasteiger partial charge >= 0.3 is 0 Å². The minimum atomic E-state index is -0.768. The second-order valence-corrected chi connectivity index (χ2v) is 9.77. The molecule has 0 aliphatic carbocycles. The first kappa shape index (κ1) is 42.1. The predicted molar refractivity (Wildman–Crippen MR) is 164 cm³/mol. The number of nitrogens with two attached hydrogens (primary N) is 1. The SMILES string of the molecule is CCCOCCOCCOCCOCCC(=O)NCCCCC(NC(=O)CCOCCOCCOCCOCCC)C(N)=O. The van der Waals surface area contributed by atoms with E-state index < -0.39 is 11.9 Å². The van der Waals surface area contributed by atoms with Gasteiger partial charge in [0.1, 0.15) is 6.04 Å². The Kier molecular flexibility index (Phi) is 32.5. The van der Waals surface area contributed by atoms with Gasteiger partial charge in [-0.25, -0.2) is 0 Å². The Labute approximate surface area is 263 Å². The van der Waals surface area contributed by atoms with Crippen LogP contribution in [0.5, 0.6) is 0 Å². The third-order valence-corrected chi connectivity index (χ3v) is 5.80. The van der Waals surface area contributed by atoms with Gasteiger partial charge in [0, 0.05) is 32.6 Å². The van der Waals surface area contributed by atoms with Crippen LogP contribution < -0.4 is 16.4 Å². The van der Waals surface area contributed by atoms with E-state index in [1.807, 2.05) is 0 Å². The number of hydrogen-bond acceptors (Lipinski definition) is 11. The van der Waals surface area contributed by atoms with Gasteiger partial charge in [0.05, 0.1) is 92.5 Å². The molecule has 0 heterocycles. The second-order valence-electron chi connectivity index (χ2n) is 9.77. The first-order chi connectivity index (χ1) is 21.5. The largest absolute Gasteiger partial charge is 0.379 e. The second kappa shape index (κ2) is 34.0. The molecule has 0 fully saturated rings. The fourth-order valence-corrected chi connectivity index (χ4v) is 3.48. The van der Waals surface area contributed by atoms with Crippen molar-refractivity contribution >= 4 is 17.7 Å². The van der Waals surface area contributed by atoms with E-state index in [9.17, 15) is 14.4 Å². The van der Waals surface area contributed by atoms with Crippen molar-refractivity contribution in [3.63, 3.8) is 0 Å². The molecular formula is C30H59N3O11. The Morgan fingerprint density at radius 2 is 0.886 bits per heavy atom. The quantitative estimate of drug-likeness (QED) is 0.0845. The summed E-state index contributed by atoms with van der Waals surface area (Å²) in [7, 11) is 0. The van der Waals surface area contributed by atoms with Crippen LogP contribution in [0.2, 0.25) is 0 Å². The number of rotatable bonds is 35. The van der Waals surface area contributed by atoms with Crippen molar-refractivity contribution in [2.45, 2.75) is 64.8 Å². The molecule has 0 saturated carbocycles. The average molecular weight is 638 g/mol. The summed E-state index contributed by atoms with van der Waals surface area (Å²) in [6.07, 6.45) is 3.99. The van der Waals surface area contributed by atoms with Gasteiger partial charge in [-0.05, 0) is 32.1 Å². The van der Waals surface area contributed by atoms with Crippen LogP contribution in [-0.2, 0) is 52.3 Å². The van der Waals surface area contributed by atoms with Crippen LogP contribution in [0.4, 0.5) is 0 Å². The molecule has 0 rings (SSSR count). The van der Waals surface area contributed by atoms with Crippen molar-refractivity contribution in [3.05, 3.63) is 0 Å². The molecule has 0 bridgehead atoms. The van der Waals surface area contributed by atoms with Crippen LogP contribution >= 0.6 is 0 Å². The van der Waals surface area contributed by atoms with Gasteiger partial charge in [0.15, 0.2) is 0 Å². The lowest BCUT2D eigenvalue weighted by Crippen LogP contribution is -2.44. The minimum Gasteiger partial charge on any atom is -0.379 e. The summed E-state index contributed by atoms with van der Waals surface area (Å²) >= 11 is 0. The standard InChI is InChI=1S/C30H59N3O11/c1-3-11-37-15-19-41-23-25-43-21-17-39-13-8-28(34)32-10-6-5-7-27(30(31)36)33-29(35)9-14-40-18-22-44-26-24-42-20-16-38-12-4-2/h27H,3-26H2,1-2H3,(H2,31,36)(H,32,34)(H,33,35). The van der Waals surface area contributed by atoms with Crippen LogP contribution in [0.3, 0.4) is 0 Å². The normalized spacial score (nSPS) is 11.9. The number of amides is 3. The molecule has 0 aromatic rings. The fraction of sp³-hybridized carbons (Fsp3) is 0.900. The summed E-state index contributed by atoms with van der Waals surface area (Å²) in [6.45, 7) is 12.3. The average Bonchev–Trinajstić information content (AvgIpc) is 3.00. The van der Waals surface area contributed by atoms with E-state index in [4.69, 9.17) is 43.6 Å². The first-order valence-electron chi connectivity index (χ1n) is 16.0. The highest BCUT2D eigenvalue weighted by Crippen LogP contribution is 2.01. The molecule has 1 atom stereocenters. The number of carbonyl (C=O) groups is 3. The molecule has 260 valence electrons. The van der Waals surface area contributed by atoms with Crippen LogP contribution in [0.1, 0.15) is 58.8 Å². The van der Waals surface area contributed by atoms with Crippen molar-refractivity contribution in [2.24, 2.45) is 5.73 Å². The van der Waals surface area contributed by atoms with Crippen molar-refractivity contribution in [1.29, 1.82) is 0 Å². The minimum absolute atomic E-state index is 0.109. The number of primary amides is 1. The highest BCUT2D eigenvalue weighted by Gasteiger charge is 2.17. The number of hydrogen-bond donors (Lipinski definition) is 3. The highest BCUT2D eigenvalue weighted by molar-refractivity contribution is 5.86. The van der Waals surface area contributed by atoms with Crippen LogP contribution in [-0.4, -0.2) is 136 Å². The maximum atomic E-state index is 12.2. The molecule has 0 radical (unpaired) electrons. The lowest BCUT2D eigenvalue weighted by Gasteiger charge is -2.15. The molecule has 0 aliphatic heterocycles. The third kappa shape index (κ3) is 31.5. The maximum absolute atomic E-state index is 12.2. The van der Waals surface area contributed by atoms with E-state index in [0.717, 1.165) is 26.1 Å². The molecular weight excluding hydrogens is 578 g/mol. The van der Waals surface area contributed by atoms with Gasteiger partial charge in [0.25, 0.3) is 0 Å². The van der Waals surface area contributed by atoms with E-state index in [-0.39, 0.29) is 31.3 Å². The Balaban J connectivity index is 3.60. The van der Waals surface area contributed by atoms with Gasteiger partial charge in [-0.2, -0.15) is 0 Å². The monoisotopic (exact) mass is 637 g/mol. The Morgan fingerprint density at radius 3 is 1.27 bits per heavy atom. The molecule has 0 aromatic carbocycles. The summed E-state index contributed by atoms with van der Waals surface area (Å²) in [5, 5.41) is 5.47. The molecule has 0 saturated heterocycles. The number of carbonyl (C=O) groups excluding carboxylic acids is 3. The van der Waals surface area contributed by atoms with Gasteiger partial charge in [-0.15, -0.1) is 0 Å². The summed E-state index contributed by atoms with van der Waals surface area (Å²) in [4.78, 5) is 35.8. The number of unbranched alkanes of at least 4 members (excludes halogenated alkanes) is 1. The third-order valence-electron chi connectivity index (χ3n) is 5.80. The zero-order valence-electron chi connectivity index (χ0n) is 27.1. The summed E-state index contributed by atoms with van der Waals surface area (Å²) in [6, 6.07) is -0.768. The first-order valence-corrected chi connectivity index (χ1v) is 16.0. The van der Waals surface area contributed by atoms with Crippen LogP contribution in [0.25, 0.3) is 0 Å². The van der Waals surface area contributed by atoms with Crippen molar-refractivity contribution in [2.75, 3.05) is 112 Å². The van der Waals surface area contributed by atoms with E-state index >= 15 is 0 Å². The summed E-state index contributed by atoms with van der Waals surface area (Å²) in [5.74, 6) is -1.02. The molecule has 14 nitrogen and oxygen atoms in total. The Hall–Kier alpha value is -1.91. The van der Waals surface area contributed by atoms with Crippen LogP contribution in [0, 0.1) is 0 Å². The zero-order chi connectivity index (χ0) is 32.4. The molecule has 44 heavy (non-hydrogen) atoms. The lowest BCUT2D eigenvalue weighted by molar-refractivity contribution is -0.128. The highest BCUT2D eigenvalue weighted by atomic mass is 16.6. The van der Waals surface area contributed by atoms with Crippen molar-refractivity contribution in [1.82, 2.24) is 10.6 Å². The zero-order valence-corrected chi connectivity index (χ0v) is 27.1. The Bertz CT molecular complexity index is 674. The van der Waals surface area contributed by atoms with Gasteiger partial charge < -0.3 is 54.3 Å². The van der Waals surface area contributed by atoms with E-state index in [1.165, 1.54) is 0 Å². The number of nitrogens with one attached hydrogen (secondary N) is 2. The van der Waals surface area contributed by atoms with Gasteiger partial charge in [0.2, 0.25) is 17.7 Å². The van der Waals surface area contributed by atoms with Gasteiger partial charge in [-0.3, -0.25) is 14.4 Å². The lowest BCUT2D eigenvalue weighted by atomic mass is 10.1. The summed E-state index contributed by atoms with van der Waals surface area (Å²) < 4.78 is 43.0. The van der Waals surface area contributed by atoms with E-state index in [0.29, 0.717) is 112 Å². The van der Waals surface area contributed by atoms with Crippen molar-refractivity contribution < 1.29 is 52.3 Å². The number of ether oxygens (including phenoxy) is 8.